The van der Waals surface area contributed by atoms with Crippen LogP contribution in [0, 0.1) is 0 Å². The molecular formula is C24H26N4O5. The minimum Gasteiger partial charge on any atom is -0.444 e. The highest BCUT2D eigenvalue weighted by Gasteiger charge is 2.39. The Labute approximate surface area is 191 Å². The Morgan fingerprint density at radius 1 is 1.03 bits per heavy atom. The molecule has 1 fully saturated rings. The third kappa shape index (κ3) is 4.39. The molecule has 4 rings (SSSR count). The first-order valence-corrected chi connectivity index (χ1v) is 10.7. The maximum absolute atomic E-state index is 13.8. The van der Waals surface area contributed by atoms with Crippen LogP contribution in [-0.2, 0) is 9.53 Å². The zero-order chi connectivity index (χ0) is 23.8. The molecule has 0 bridgehead atoms. The molecule has 4 amide bonds. The lowest BCUT2D eigenvalue weighted by Crippen LogP contribution is -2.59. The summed E-state index contributed by atoms with van der Waals surface area (Å²) in [6, 6.07) is 12.5. The van der Waals surface area contributed by atoms with Gasteiger partial charge in [0.2, 0.25) is 0 Å². The predicted octanol–water partition coefficient (Wildman–Crippen LogP) is 3.63. The number of ether oxygens (including phenoxy) is 1. The van der Waals surface area contributed by atoms with Gasteiger partial charge in [-0.05, 0) is 45.0 Å². The van der Waals surface area contributed by atoms with Gasteiger partial charge in [0, 0.05) is 13.1 Å². The average Bonchev–Trinajstić information content (AvgIpc) is 2.91. The molecular weight excluding hydrogens is 424 g/mol. The van der Waals surface area contributed by atoms with Crippen LogP contribution >= 0.6 is 0 Å². The van der Waals surface area contributed by atoms with E-state index in [1.807, 2.05) is 0 Å². The summed E-state index contributed by atoms with van der Waals surface area (Å²) in [6.45, 7) is 5.70. The van der Waals surface area contributed by atoms with Crippen molar-refractivity contribution in [1.29, 1.82) is 0 Å². The first kappa shape index (κ1) is 22.3. The van der Waals surface area contributed by atoms with Gasteiger partial charge in [-0.15, -0.1) is 0 Å². The van der Waals surface area contributed by atoms with E-state index in [2.05, 4.69) is 5.32 Å². The molecule has 9 heteroatoms. The van der Waals surface area contributed by atoms with Crippen molar-refractivity contribution in [3.63, 3.8) is 0 Å². The number of nitrogens with zero attached hydrogens (tertiary/aromatic N) is 3. The molecule has 33 heavy (non-hydrogen) atoms. The second-order valence-corrected chi connectivity index (χ2v) is 8.93. The van der Waals surface area contributed by atoms with Gasteiger partial charge >= 0.3 is 12.1 Å². The Morgan fingerprint density at radius 3 is 2.39 bits per heavy atom. The summed E-state index contributed by atoms with van der Waals surface area (Å²) >= 11 is 0. The highest BCUT2D eigenvalue weighted by molar-refractivity contribution is 6.17. The summed E-state index contributed by atoms with van der Waals surface area (Å²) in [5.74, 6) is -0.324. The van der Waals surface area contributed by atoms with Crippen LogP contribution < -0.4 is 10.2 Å². The van der Waals surface area contributed by atoms with E-state index in [0.29, 0.717) is 28.9 Å². The highest BCUT2D eigenvalue weighted by atomic mass is 16.6. The first-order valence-electron chi connectivity index (χ1n) is 10.7. The quantitative estimate of drug-likeness (QED) is 0.669. The molecule has 2 aromatic rings. The van der Waals surface area contributed by atoms with Crippen molar-refractivity contribution in [1.82, 2.24) is 9.80 Å². The molecule has 1 atom stereocenters. The van der Waals surface area contributed by atoms with Gasteiger partial charge in [0.1, 0.15) is 17.9 Å². The van der Waals surface area contributed by atoms with Crippen molar-refractivity contribution >= 4 is 41.4 Å². The van der Waals surface area contributed by atoms with Crippen LogP contribution in [0.4, 0.5) is 26.7 Å². The van der Waals surface area contributed by atoms with E-state index in [1.165, 1.54) is 14.7 Å². The van der Waals surface area contributed by atoms with Gasteiger partial charge in [-0.2, -0.15) is 0 Å². The molecule has 2 heterocycles. The molecule has 0 spiro atoms. The Kier molecular flexibility index (Phi) is 5.80. The number of benzene rings is 2. The standard InChI is InChI=1S/C24H26N4O5/c1-24(2,3)33-23(32)26-12-13-27(16(14-26)15-29)22(31)28-19-10-6-4-8-17(19)21(30)25-18-9-5-7-11-20(18)28/h4-11,15-16H,12-14H2,1-3H3,(H,25,30)/t16-/m0/s1. The number of rotatable bonds is 1. The monoisotopic (exact) mass is 450 g/mol. The fourth-order valence-electron chi connectivity index (χ4n) is 3.95. The Morgan fingerprint density at radius 2 is 1.70 bits per heavy atom. The summed E-state index contributed by atoms with van der Waals surface area (Å²) < 4.78 is 5.41. The summed E-state index contributed by atoms with van der Waals surface area (Å²) in [7, 11) is 0. The summed E-state index contributed by atoms with van der Waals surface area (Å²) in [6.07, 6.45) is 0.134. The number of para-hydroxylation sites is 3. The number of nitrogens with one attached hydrogen (secondary N) is 1. The van der Waals surface area contributed by atoms with E-state index in [-0.39, 0.29) is 25.5 Å². The lowest BCUT2D eigenvalue weighted by atomic mass is 10.1. The predicted molar refractivity (Wildman–Crippen MR) is 123 cm³/mol. The van der Waals surface area contributed by atoms with Gasteiger partial charge in [-0.25, -0.2) is 9.59 Å². The number of carbonyl (C=O) groups is 4. The molecule has 2 aromatic carbocycles. The lowest BCUT2D eigenvalue weighted by Gasteiger charge is -2.41. The van der Waals surface area contributed by atoms with Gasteiger partial charge in [-0.1, -0.05) is 24.3 Å². The first-order chi connectivity index (χ1) is 15.7. The number of hydrogen-bond donors (Lipinski definition) is 1. The number of aldehydes is 1. The van der Waals surface area contributed by atoms with Crippen molar-refractivity contribution < 1.29 is 23.9 Å². The molecule has 172 valence electrons. The summed E-state index contributed by atoms with van der Waals surface area (Å²) in [5, 5.41) is 2.84. The minimum atomic E-state index is -0.856. The molecule has 9 nitrogen and oxygen atoms in total. The fraction of sp³-hybridized carbons (Fsp3) is 0.333. The van der Waals surface area contributed by atoms with Crippen LogP contribution in [0.1, 0.15) is 31.1 Å². The third-order valence-corrected chi connectivity index (χ3v) is 5.45. The van der Waals surface area contributed by atoms with Crippen molar-refractivity contribution in [2.75, 3.05) is 29.9 Å². The van der Waals surface area contributed by atoms with E-state index >= 15 is 0 Å². The second kappa shape index (κ2) is 8.57. The SMILES string of the molecule is CC(C)(C)OC(=O)N1CCN(C(=O)N2c3ccccc3NC(=O)c3ccccc32)[C@H](C=O)C1. The molecule has 0 unspecified atom stereocenters. The van der Waals surface area contributed by atoms with Crippen molar-refractivity contribution in [2.24, 2.45) is 0 Å². The molecule has 1 saturated heterocycles. The summed E-state index contributed by atoms with van der Waals surface area (Å²) in [5.41, 5.74) is 1.09. The van der Waals surface area contributed by atoms with E-state index in [1.54, 1.807) is 69.3 Å². The van der Waals surface area contributed by atoms with Crippen LogP contribution in [0.5, 0.6) is 0 Å². The molecule has 0 saturated carbocycles. The Hall–Kier alpha value is -3.88. The fourth-order valence-corrected chi connectivity index (χ4v) is 3.95. The molecule has 0 aliphatic carbocycles. The number of anilines is 3. The van der Waals surface area contributed by atoms with Crippen molar-refractivity contribution in [3.05, 3.63) is 54.1 Å². The molecule has 0 aromatic heterocycles. The van der Waals surface area contributed by atoms with Gasteiger partial charge in [0.05, 0.1) is 29.2 Å². The van der Waals surface area contributed by atoms with Gasteiger partial charge in [-0.3, -0.25) is 9.69 Å². The summed E-state index contributed by atoms with van der Waals surface area (Å²) in [4.78, 5) is 55.4. The van der Waals surface area contributed by atoms with Crippen molar-refractivity contribution in [2.45, 2.75) is 32.4 Å². The number of urea groups is 1. The zero-order valence-corrected chi connectivity index (χ0v) is 18.8. The number of amides is 4. The normalized spacial score (nSPS) is 18.0. The lowest BCUT2D eigenvalue weighted by molar-refractivity contribution is -0.113. The Bertz CT molecular complexity index is 1110. The minimum absolute atomic E-state index is 0.0263. The van der Waals surface area contributed by atoms with Gasteiger partial charge in [0.15, 0.2) is 0 Å². The van der Waals surface area contributed by atoms with E-state index in [0.717, 1.165) is 0 Å². The number of carbonyl (C=O) groups excluding carboxylic acids is 4. The van der Waals surface area contributed by atoms with Crippen LogP contribution in [0.25, 0.3) is 0 Å². The number of fused-ring (bicyclic) bond motifs is 2. The Balaban J connectivity index is 1.67. The third-order valence-electron chi connectivity index (χ3n) is 5.45. The molecule has 0 radical (unpaired) electrons. The van der Waals surface area contributed by atoms with E-state index in [4.69, 9.17) is 4.74 Å². The average molecular weight is 450 g/mol. The smallest absolute Gasteiger partial charge is 0.410 e. The molecule has 1 N–H and O–H groups in total. The number of piperazine rings is 1. The number of hydrogen-bond acceptors (Lipinski definition) is 5. The molecule has 2 aliphatic heterocycles. The van der Waals surface area contributed by atoms with E-state index < -0.39 is 23.8 Å². The largest absolute Gasteiger partial charge is 0.444 e. The maximum atomic E-state index is 13.8. The highest BCUT2D eigenvalue weighted by Crippen LogP contribution is 2.38. The van der Waals surface area contributed by atoms with E-state index in [9.17, 15) is 19.2 Å². The van der Waals surface area contributed by atoms with Crippen molar-refractivity contribution in [3.8, 4) is 0 Å². The van der Waals surface area contributed by atoms with Crippen LogP contribution in [0.2, 0.25) is 0 Å². The second-order valence-electron chi connectivity index (χ2n) is 8.93. The van der Waals surface area contributed by atoms with Gasteiger partial charge in [0.25, 0.3) is 5.91 Å². The topological polar surface area (TPSA) is 99.3 Å². The van der Waals surface area contributed by atoms with Crippen LogP contribution in [-0.4, -0.2) is 65.4 Å². The van der Waals surface area contributed by atoms with Gasteiger partial charge < -0.3 is 24.6 Å². The van der Waals surface area contributed by atoms with Crippen LogP contribution in [0.15, 0.2) is 48.5 Å². The zero-order valence-electron chi connectivity index (χ0n) is 18.8. The molecule has 2 aliphatic rings. The van der Waals surface area contributed by atoms with Crippen LogP contribution in [0.3, 0.4) is 0 Å². The maximum Gasteiger partial charge on any atom is 0.410 e.